The smallest absolute Gasteiger partial charge is 0.303 e. The number of rotatable bonds is 7. The number of carboxylic acids is 1. The van der Waals surface area contributed by atoms with Crippen LogP contribution in [0.25, 0.3) is 0 Å². The Morgan fingerprint density at radius 3 is 2.52 bits per heavy atom. The first-order valence-corrected chi connectivity index (χ1v) is 6.99. The molecule has 1 aromatic rings. The molecule has 0 saturated carbocycles. The predicted octanol–water partition coefficient (Wildman–Crippen LogP) is 1.86. The highest BCUT2D eigenvalue weighted by Gasteiger charge is 2.15. The third-order valence-corrected chi connectivity index (χ3v) is 3.11. The van der Waals surface area contributed by atoms with Crippen molar-refractivity contribution in [2.24, 2.45) is 0 Å². The molecule has 0 unspecified atom stereocenters. The molecule has 6 nitrogen and oxygen atoms in total. The lowest BCUT2D eigenvalue weighted by Gasteiger charge is -2.29. The fraction of sp³-hybridized carbons (Fsp3) is 0.533. The van der Waals surface area contributed by atoms with Gasteiger partial charge in [0.15, 0.2) is 0 Å². The molecule has 0 aliphatic rings. The van der Waals surface area contributed by atoms with Gasteiger partial charge in [0.25, 0.3) is 5.91 Å². The largest absolute Gasteiger partial charge is 0.481 e. The number of aliphatic carboxylic acids is 1. The van der Waals surface area contributed by atoms with Crippen molar-refractivity contribution in [3.63, 3.8) is 0 Å². The molecular weight excluding hydrogens is 270 g/mol. The first-order chi connectivity index (χ1) is 9.82. The number of carboxylic acid groups (broad SMARTS) is 1. The minimum Gasteiger partial charge on any atom is -0.481 e. The zero-order chi connectivity index (χ0) is 16.0. The van der Waals surface area contributed by atoms with Crippen molar-refractivity contribution in [1.29, 1.82) is 0 Å². The van der Waals surface area contributed by atoms with Crippen LogP contribution in [-0.2, 0) is 4.79 Å². The van der Waals surface area contributed by atoms with E-state index in [0.717, 1.165) is 5.69 Å². The minimum atomic E-state index is -0.795. The maximum absolute atomic E-state index is 12.0. The van der Waals surface area contributed by atoms with E-state index in [0.29, 0.717) is 18.7 Å². The van der Waals surface area contributed by atoms with Gasteiger partial charge in [0.1, 0.15) is 5.69 Å². The number of hydrogen-bond donors (Lipinski definition) is 1. The molecule has 0 fully saturated rings. The Bertz CT molecular complexity index is 501. The molecular formula is C15H23N3O3. The summed E-state index contributed by atoms with van der Waals surface area (Å²) >= 11 is 0. The highest BCUT2D eigenvalue weighted by Crippen LogP contribution is 2.19. The van der Waals surface area contributed by atoms with E-state index in [-0.39, 0.29) is 18.4 Å². The average Bonchev–Trinajstić information content (AvgIpc) is 2.42. The summed E-state index contributed by atoms with van der Waals surface area (Å²) in [6, 6.07) is 3.81. The van der Waals surface area contributed by atoms with E-state index >= 15 is 0 Å². The monoisotopic (exact) mass is 293 g/mol. The van der Waals surface area contributed by atoms with E-state index < -0.39 is 5.97 Å². The zero-order valence-corrected chi connectivity index (χ0v) is 13.0. The van der Waals surface area contributed by atoms with Gasteiger partial charge in [-0.25, -0.2) is 0 Å². The number of carbonyl (C=O) groups excluding carboxylic acids is 1. The van der Waals surface area contributed by atoms with Gasteiger partial charge in [-0.2, -0.15) is 0 Å². The Morgan fingerprint density at radius 2 is 2.00 bits per heavy atom. The number of carbonyl (C=O) groups is 2. The predicted molar refractivity (Wildman–Crippen MR) is 81.6 cm³/mol. The summed E-state index contributed by atoms with van der Waals surface area (Å²) in [6.45, 7) is 4.70. The maximum Gasteiger partial charge on any atom is 0.303 e. The van der Waals surface area contributed by atoms with Crippen molar-refractivity contribution in [2.45, 2.75) is 32.7 Å². The van der Waals surface area contributed by atoms with Crippen LogP contribution in [0.5, 0.6) is 0 Å². The fourth-order valence-corrected chi connectivity index (χ4v) is 2.03. The molecule has 0 aromatic carbocycles. The van der Waals surface area contributed by atoms with Gasteiger partial charge in [0.2, 0.25) is 0 Å². The van der Waals surface area contributed by atoms with E-state index in [1.54, 1.807) is 26.4 Å². The summed E-state index contributed by atoms with van der Waals surface area (Å²) in [5.74, 6) is -0.942. The van der Waals surface area contributed by atoms with Gasteiger partial charge < -0.3 is 14.9 Å². The molecule has 0 bridgehead atoms. The van der Waals surface area contributed by atoms with Crippen molar-refractivity contribution in [3.8, 4) is 0 Å². The summed E-state index contributed by atoms with van der Waals surface area (Å²) in [7, 11) is 3.37. The van der Waals surface area contributed by atoms with E-state index in [4.69, 9.17) is 5.11 Å². The second-order valence-electron chi connectivity index (χ2n) is 5.38. The van der Waals surface area contributed by atoms with Crippen LogP contribution in [0.4, 0.5) is 5.69 Å². The summed E-state index contributed by atoms with van der Waals surface area (Å²) in [6.07, 6.45) is 2.31. The minimum absolute atomic E-state index is 0.137. The molecule has 1 heterocycles. The molecule has 6 heteroatoms. The standard InChI is InChI=1S/C15H23N3O3/c1-11(2)18(9-5-6-14(19)20)12-7-8-16-13(10-12)15(21)17(3)4/h7-8,10-11H,5-6,9H2,1-4H3,(H,19,20). The lowest BCUT2D eigenvalue weighted by molar-refractivity contribution is -0.137. The SMILES string of the molecule is CC(C)N(CCCC(=O)O)c1ccnc(C(=O)N(C)C)c1. The second kappa shape index (κ2) is 7.61. The molecule has 0 atom stereocenters. The van der Waals surface area contributed by atoms with Crippen LogP contribution in [-0.4, -0.2) is 53.5 Å². The topological polar surface area (TPSA) is 73.7 Å². The zero-order valence-electron chi connectivity index (χ0n) is 13.0. The molecule has 116 valence electrons. The highest BCUT2D eigenvalue weighted by molar-refractivity contribution is 5.92. The van der Waals surface area contributed by atoms with E-state index in [9.17, 15) is 9.59 Å². The van der Waals surface area contributed by atoms with Gasteiger partial charge >= 0.3 is 5.97 Å². The van der Waals surface area contributed by atoms with E-state index in [1.165, 1.54) is 4.90 Å². The van der Waals surface area contributed by atoms with Gasteiger partial charge in [0.05, 0.1) is 0 Å². The second-order valence-corrected chi connectivity index (χ2v) is 5.38. The quantitative estimate of drug-likeness (QED) is 0.830. The molecule has 1 rings (SSSR count). The van der Waals surface area contributed by atoms with Gasteiger partial charge in [-0.3, -0.25) is 14.6 Å². The summed E-state index contributed by atoms with van der Waals surface area (Å²) in [5, 5.41) is 8.73. The Kier molecular flexibility index (Phi) is 6.14. The van der Waals surface area contributed by atoms with Crippen LogP contribution < -0.4 is 4.90 Å². The number of nitrogens with zero attached hydrogens (tertiary/aromatic N) is 3. The van der Waals surface area contributed by atoms with Gasteiger partial charge in [-0.05, 0) is 32.4 Å². The molecule has 21 heavy (non-hydrogen) atoms. The fourth-order valence-electron chi connectivity index (χ4n) is 2.03. The molecule has 1 amide bonds. The molecule has 0 aliphatic carbocycles. The van der Waals surface area contributed by atoms with Crippen molar-refractivity contribution in [2.75, 3.05) is 25.5 Å². The summed E-state index contributed by atoms with van der Waals surface area (Å²) in [4.78, 5) is 30.2. The van der Waals surface area contributed by atoms with Crippen molar-refractivity contribution >= 4 is 17.6 Å². The van der Waals surface area contributed by atoms with Crippen LogP contribution in [0.1, 0.15) is 37.2 Å². The highest BCUT2D eigenvalue weighted by atomic mass is 16.4. The van der Waals surface area contributed by atoms with Crippen LogP contribution in [0, 0.1) is 0 Å². The number of aromatic nitrogens is 1. The first-order valence-electron chi connectivity index (χ1n) is 6.99. The lowest BCUT2D eigenvalue weighted by Crippen LogP contribution is -2.32. The number of hydrogen-bond acceptors (Lipinski definition) is 4. The Morgan fingerprint density at radius 1 is 1.33 bits per heavy atom. The average molecular weight is 293 g/mol. The molecule has 0 aliphatic heterocycles. The van der Waals surface area contributed by atoms with Crippen LogP contribution in [0.2, 0.25) is 0 Å². The van der Waals surface area contributed by atoms with Gasteiger partial charge in [-0.15, -0.1) is 0 Å². The molecule has 1 aromatic heterocycles. The number of amides is 1. The van der Waals surface area contributed by atoms with E-state index in [1.807, 2.05) is 19.9 Å². The molecule has 0 spiro atoms. The van der Waals surface area contributed by atoms with Crippen molar-refractivity contribution in [3.05, 3.63) is 24.0 Å². The van der Waals surface area contributed by atoms with E-state index in [2.05, 4.69) is 9.88 Å². The van der Waals surface area contributed by atoms with Crippen LogP contribution >= 0.6 is 0 Å². The Balaban J connectivity index is 2.90. The summed E-state index contributed by atoms with van der Waals surface area (Å²) in [5.41, 5.74) is 1.27. The molecule has 1 N–H and O–H groups in total. The van der Waals surface area contributed by atoms with Crippen molar-refractivity contribution < 1.29 is 14.7 Å². The lowest BCUT2D eigenvalue weighted by atomic mass is 10.2. The Labute approximate surface area is 125 Å². The number of pyridine rings is 1. The third-order valence-electron chi connectivity index (χ3n) is 3.11. The molecule has 0 saturated heterocycles. The van der Waals surface area contributed by atoms with Crippen LogP contribution in [0.3, 0.4) is 0 Å². The number of anilines is 1. The maximum atomic E-state index is 12.0. The Hall–Kier alpha value is -2.11. The van der Waals surface area contributed by atoms with Gasteiger partial charge in [0, 0.05) is 45.0 Å². The van der Waals surface area contributed by atoms with Gasteiger partial charge in [-0.1, -0.05) is 0 Å². The van der Waals surface area contributed by atoms with Crippen LogP contribution in [0.15, 0.2) is 18.3 Å². The van der Waals surface area contributed by atoms with Crippen molar-refractivity contribution in [1.82, 2.24) is 9.88 Å². The third kappa shape index (κ3) is 5.06. The summed E-state index contributed by atoms with van der Waals surface area (Å²) < 4.78 is 0. The normalized spacial score (nSPS) is 10.5. The first kappa shape index (κ1) is 16.9. The molecule has 0 radical (unpaired) electrons.